The fourth-order valence-electron chi connectivity index (χ4n) is 6.75. The van der Waals surface area contributed by atoms with Gasteiger partial charge in [-0.1, -0.05) is 90.5 Å². The summed E-state index contributed by atoms with van der Waals surface area (Å²) in [5.74, 6) is -4.40. The first kappa shape index (κ1) is 23.6. The molecule has 5 nitrogen and oxygen atoms in total. The maximum Gasteiger partial charge on any atom is 0.204 e. The molecule has 190 valence electrons. The molecule has 2 spiro atoms. The summed E-state index contributed by atoms with van der Waals surface area (Å²) >= 11 is 0. The molecule has 2 aliphatic carbocycles. The van der Waals surface area contributed by atoms with Crippen LogP contribution in [0.5, 0.6) is 0 Å². The van der Waals surface area contributed by atoms with Crippen molar-refractivity contribution in [2.75, 3.05) is 0 Å². The van der Waals surface area contributed by atoms with Gasteiger partial charge in [-0.15, -0.1) is 0 Å². The van der Waals surface area contributed by atoms with E-state index in [1.807, 2.05) is 19.1 Å². The van der Waals surface area contributed by atoms with Crippen molar-refractivity contribution in [3.63, 3.8) is 0 Å². The third kappa shape index (κ3) is 2.81. The van der Waals surface area contributed by atoms with Crippen LogP contribution in [-0.4, -0.2) is 28.7 Å². The van der Waals surface area contributed by atoms with Crippen molar-refractivity contribution < 1.29 is 28.3 Å². The zero-order valence-corrected chi connectivity index (χ0v) is 20.8. The Balaban J connectivity index is 1.60. The molecule has 0 bridgehead atoms. The summed E-state index contributed by atoms with van der Waals surface area (Å²) in [6, 6.07) is 25.3. The molecule has 0 unspecified atom stereocenters. The Bertz CT molecular complexity index is 1680. The Kier molecular flexibility index (Phi) is 4.82. The first-order valence-corrected chi connectivity index (χ1v) is 12.7. The lowest BCUT2D eigenvalue weighted by molar-refractivity contribution is -0.0210. The minimum Gasteiger partial charge on any atom is -0.348 e. The molecule has 1 saturated heterocycles. The molecule has 1 fully saturated rings. The second-order valence-corrected chi connectivity index (χ2v) is 10.4. The van der Waals surface area contributed by atoms with Crippen LogP contribution in [0.15, 0.2) is 97.1 Å². The van der Waals surface area contributed by atoms with Crippen LogP contribution >= 0.6 is 0 Å². The van der Waals surface area contributed by atoms with Crippen LogP contribution in [0.4, 0.5) is 4.39 Å². The summed E-state index contributed by atoms with van der Waals surface area (Å²) in [6.07, 6.45) is -1.28. The molecule has 0 amide bonds. The van der Waals surface area contributed by atoms with Crippen LogP contribution < -0.4 is 0 Å². The average molecular weight is 517 g/mol. The highest BCUT2D eigenvalue weighted by molar-refractivity contribution is 6.37. The highest BCUT2D eigenvalue weighted by Crippen LogP contribution is 2.67. The molecule has 4 aromatic rings. The number of carbonyl (C=O) groups is 4. The molecule has 3 aliphatic rings. The molecule has 1 heterocycles. The van der Waals surface area contributed by atoms with Crippen molar-refractivity contribution >= 4 is 23.1 Å². The first-order chi connectivity index (χ1) is 18.8. The summed E-state index contributed by atoms with van der Waals surface area (Å²) in [5.41, 5.74) is -1.97. The van der Waals surface area contributed by atoms with Crippen molar-refractivity contribution in [2.45, 2.75) is 24.5 Å². The molecule has 4 aromatic carbocycles. The average Bonchev–Trinajstić information content (AvgIpc) is 3.47. The summed E-state index contributed by atoms with van der Waals surface area (Å²) in [4.78, 5) is 57.7. The molecule has 0 saturated carbocycles. The van der Waals surface area contributed by atoms with Gasteiger partial charge in [-0.25, -0.2) is 4.39 Å². The molecule has 1 aliphatic heterocycles. The van der Waals surface area contributed by atoms with Gasteiger partial charge in [0.2, 0.25) is 17.2 Å². The van der Waals surface area contributed by atoms with E-state index in [0.29, 0.717) is 5.56 Å². The van der Waals surface area contributed by atoms with E-state index in [2.05, 4.69) is 0 Å². The van der Waals surface area contributed by atoms with Crippen molar-refractivity contribution in [1.29, 1.82) is 0 Å². The van der Waals surface area contributed by atoms with E-state index in [1.54, 1.807) is 54.6 Å². The number of rotatable bonds is 2. The van der Waals surface area contributed by atoms with Crippen LogP contribution in [0.2, 0.25) is 0 Å². The number of hydrogen-bond donors (Lipinski definition) is 0. The van der Waals surface area contributed by atoms with Gasteiger partial charge in [0.1, 0.15) is 17.3 Å². The standard InChI is InChI=1S/C33H21FO5/c1-18-13-15-19(16-14-18)31-32(27(35)22-9-2-3-10-23(22)28(32)36)26(20-7-6-8-21(34)17-20)33(39-31)29(37)24-11-4-5-12-25(24)30(33)38/h2-17,26,31H,1H3/t26-,31-/m0/s1. The van der Waals surface area contributed by atoms with E-state index < -0.39 is 52.0 Å². The van der Waals surface area contributed by atoms with Gasteiger partial charge in [0.15, 0.2) is 11.6 Å². The molecule has 0 radical (unpaired) electrons. The Labute approximate surface area is 223 Å². The lowest BCUT2D eigenvalue weighted by atomic mass is 9.60. The number of carbonyl (C=O) groups excluding carboxylic acids is 4. The fraction of sp³-hybridized carbons (Fsp3) is 0.152. The van der Waals surface area contributed by atoms with E-state index >= 15 is 0 Å². The van der Waals surface area contributed by atoms with Crippen LogP contribution in [0.3, 0.4) is 0 Å². The second-order valence-electron chi connectivity index (χ2n) is 10.4. The maximum absolute atomic E-state index is 14.8. The van der Waals surface area contributed by atoms with Crippen molar-refractivity contribution in [2.24, 2.45) is 5.41 Å². The van der Waals surface area contributed by atoms with E-state index in [0.717, 1.165) is 5.56 Å². The van der Waals surface area contributed by atoms with Gasteiger partial charge >= 0.3 is 0 Å². The van der Waals surface area contributed by atoms with Gasteiger partial charge in [0.05, 0.1) is 5.92 Å². The first-order valence-electron chi connectivity index (χ1n) is 12.7. The zero-order chi connectivity index (χ0) is 27.1. The monoisotopic (exact) mass is 516 g/mol. The van der Waals surface area contributed by atoms with Gasteiger partial charge in [-0.3, -0.25) is 19.2 Å². The Morgan fingerprint density at radius 2 is 1.13 bits per heavy atom. The van der Waals surface area contributed by atoms with Crippen LogP contribution in [0.25, 0.3) is 0 Å². The number of Topliss-reactive ketones (excluding diaryl/α,β-unsaturated/α-hetero) is 4. The lowest BCUT2D eigenvalue weighted by Gasteiger charge is -2.34. The predicted molar refractivity (Wildman–Crippen MR) is 140 cm³/mol. The number of benzene rings is 4. The highest BCUT2D eigenvalue weighted by atomic mass is 19.1. The third-order valence-corrected chi connectivity index (χ3v) is 8.40. The maximum atomic E-state index is 14.8. The molecular weight excluding hydrogens is 495 g/mol. The number of fused-ring (bicyclic) bond motifs is 2. The molecule has 7 rings (SSSR count). The van der Waals surface area contributed by atoms with Crippen LogP contribution in [0.1, 0.15) is 70.1 Å². The van der Waals surface area contributed by atoms with Gasteiger partial charge in [0, 0.05) is 22.3 Å². The smallest absolute Gasteiger partial charge is 0.204 e. The largest absolute Gasteiger partial charge is 0.348 e. The number of halogens is 1. The number of ether oxygens (including phenoxy) is 1. The van der Waals surface area contributed by atoms with Gasteiger partial charge in [0.25, 0.3) is 0 Å². The normalized spacial score (nSPS) is 22.1. The second kappa shape index (κ2) is 7.98. The van der Waals surface area contributed by atoms with Gasteiger partial charge in [-0.05, 0) is 30.2 Å². The third-order valence-electron chi connectivity index (χ3n) is 8.40. The Morgan fingerprint density at radius 1 is 0.615 bits per heavy atom. The molecule has 2 atom stereocenters. The van der Waals surface area contributed by atoms with E-state index in [-0.39, 0.29) is 27.8 Å². The fourth-order valence-corrected chi connectivity index (χ4v) is 6.75. The summed E-state index contributed by atoms with van der Waals surface area (Å²) < 4.78 is 21.4. The van der Waals surface area contributed by atoms with Crippen LogP contribution in [-0.2, 0) is 4.74 Å². The molecule has 39 heavy (non-hydrogen) atoms. The van der Waals surface area contributed by atoms with Crippen molar-refractivity contribution in [3.8, 4) is 0 Å². The minimum atomic E-state index is -2.24. The van der Waals surface area contributed by atoms with Gasteiger partial charge in [-0.2, -0.15) is 0 Å². The predicted octanol–water partition coefficient (Wildman–Crippen LogP) is 5.87. The Hall–Kier alpha value is -4.55. The molecular formula is C33H21FO5. The molecule has 0 aromatic heterocycles. The molecule has 6 heteroatoms. The quantitative estimate of drug-likeness (QED) is 0.311. The number of ketones is 4. The Morgan fingerprint density at radius 3 is 1.64 bits per heavy atom. The van der Waals surface area contributed by atoms with Crippen LogP contribution in [0, 0.1) is 18.2 Å². The zero-order valence-electron chi connectivity index (χ0n) is 20.8. The lowest BCUT2D eigenvalue weighted by Crippen LogP contribution is -2.51. The number of hydrogen-bond acceptors (Lipinski definition) is 5. The summed E-state index contributed by atoms with van der Waals surface area (Å²) in [6.45, 7) is 1.90. The summed E-state index contributed by atoms with van der Waals surface area (Å²) in [7, 11) is 0. The van der Waals surface area contributed by atoms with Crippen molar-refractivity contribution in [1.82, 2.24) is 0 Å². The van der Waals surface area contributed by atoms with Gasteiger partial charge < -0.3 is 4.74 Å². The topological polar surface area (TPSA) is 77.5 Å². The van der Waals surface area contributed by atoms with E-state index in [4.69, 9.17) is 4.74 Å². The minimum absolute atomic E-state index is 0.152. The molecule has 0 N–H and O–H groups in total. The highest BCUT2D eigenvalue weighted by Gasteiger charge is 2.79. The van der Waals surface area contributed by atoms with E-state index in [1.165, 1.54) is 30.3 Å². The summed E-state index contributed by atoms with van der Waals surface area (Å²) in [5, 5.41) is 0. The number of aryl methyl sites for hydroxylation is 1. The SMILES string of the molecule is Cc1ccc([C@@H]2OC3(C(=O)c4ccccc4C3=O)[C@@H](c3cccc(F)c3)C23C(=O)c2ccccc2C3=O)cc1. The van der Waals surface area contributed by atoms with Crippen molar-refractivity contribution in [3.05, 3.63) is 142 Å². The van der Waals surface area contributed by atoms with E-state index in [9.17, 15) is 23.6 Å².